The normalized spacial score (nSPS) is 19.5. The molecule has 0 radical (unpaired) electrons. The molecule has 0 bridgehead atoms. The van der Waals surface area contributed by atoms with Crippen molar-refractivity contribution in [1.29, 1.82) is 0 Å². The third kappa shape index (κ3) is 4.17. The van der Waals surface area contributed by atoms with Crippen LogP contribution in [0.3, 0.4) is 0 Å². The number of hydrogen-bond donors (Lipinski definition) is 2. The van der Waals surface area contributed by atoms with E-state index >= 15 is 0 Å². The van der Waals surface area contributed by atoms with Crippen LogP contribution in [0.1, 0.15) is 18.5 Å². The first-order chi connectivity index (χ1) is 9.29. The fourth-order valence-electron chi connectivity index (χ4n) is 1.95. The lowest BCUT2D eigenvalue weighted by Gasteiger charge is -2.14. The van der Waals surface area contributed by atoms with Gasteiger partial charge >= 0.3 is 0 Å². The lowest BCUT2D eigenvalue weighted by Crippen LogP contribution is -2.40. The highest BCUT2D eigenvalue weighted by Crippen LogP contribution is 2.10. The molecule has 0 aliphatic carbocycles. The van der Waals surface area contributed by atoms with Gasteiger partial charge in [-0.1, -0.05) is 0 Å². The summed E-state index contributed by atoms with van der Waals surface area (Å²) in [4.78, 5) is 8.06. The maximum absolute atomic E-state index is 13.4. The zero-order valence-electron chi connectivity index (χ0n) is 11.0. The zero-order chi connectivity index (χ0) is 13.5. The van der Waals surface area contributed by atoms with Crippen molar-refractivity contribution >= 4 is 5.96 Å². The van der Waals surface area contributed by atoms with Gasteiger partial charge in [-0.2, -0.15) is 0 Å². The van der Waals surface area contributed by atoms with Crippen LogP contribution in [0.5, 0.6) is 0 Å². The van der Waals surface area contributed by atoms with E-state index in [1.807, 2.05) is 0 Å². The molecule has 1 aromatic rings. The summed E-state index contributed by atoms with van der Waals surface area (Å²) in [6, 6.07) is 2.97. The molecule has 1 aromatic heterocycles. The first-order valence-corrected chi connectivity index (χ1v) is 6.45. The fraction of sp³-hybridized carbons (Fsp3) is 0.538. The maximum Gasteiger partial charge on any atom is 0.191 e. The van der Waals surface area contributed by atoms with Crippen LogP contribution in [0, 0.1) is 5.82 Å². The SMILES string of the molecule is CN=C(NCc1ncccc1F)NCC1CCCO1. The minimum Gasteiger partial charge on any atom is -0.376 e. The summed E-state index contributed by atoms with van der Waals surface area (Å²) < 4.78 is 18.9. The first-order valence-electron chi connectivity index (χ1n) is 6.45. The maximum atomic E-state index is 13.4. The Bertz CT molecular complexity index is 432. The van der Waals surface area contributed by atoms with E-state index in [-0.39, 0.29) is 11.9 Å². The van der Waals surface area contributed by atoms with Gasteiger partial charge in [0.2, 0.25) is 0 Å². The summed E-state index contributed by atoms with van der Waals surface area (Å²) >= 11 is 0. The van der Waals surface area contributed by atoms with Gasteiger partial charge in [0.1, 0.15) is 5.82 Å². The molecule has 1 unspecified atom stereocenters. The van der Waals surface area contributed by atoms with E-state index in [1.165, 1.54) is 6.07 Å². The molecule has 0 saturated carbocycles. The van der Waals surface area contributed by atoms with Gasteiger partial charge in [-0.3, -0.25) is 9.98 Å². The number of nitrogens with zero attached hydrogens (tertiary/aromatic N) is 2. The second-order valence-electron chi connectivity index (χ2n) is 4.37. The van der Waals surface area contributed by atoms with Crippen LogP contribution >= 0.6 is 0 Å². The number of aromatic nitrogens is 1. The van der Waals surface area contributed by atoms with Crippen molar-refractivity contribution in [2.45, 2.75) is 25.5 Å². The molecule has 1 aliphatic rings. The minimum absolute atomic E-state index is 0.241. The Kier molecular flexibility index (Phi) is 5.09. The molecule has 1 fully saturated rings. The number of pyridine rings is 1. The van der Waals surface area contributed by atoms with Crippen molar-refractivity contribution in [2.24, 2.45) is 4.99 Å². The third-order valence-corrected chi connectivity index (χ3v) is 3.00. The van der Waals surface area contributed by atoms with Gasteiger partial charge in [-0.25, -0.2) is 4.39 Å². The number of hydrogen-bond acceptors (Lipinski definition) is 3. The number of halogens is 1. The van der Waals surface area contributed by atoms with Gasteiger partial charge in [0, 0.05) is 26.4 Å². The lowest BCUT2D eigenvalue weighted by atomic mass is 10.2. The zero-order valence-corrected chi connectivity index (χ0v) is 11.0. The number of nitrogens with one attached hydrogen (secondary N) is 2. The van der Waals surface area contributed by atoms with E-state index in [0.29, 0.717) is 24.7 Å². The number of ether oxygens (including phenoxy) is 1. The predicted octanol–water partition coefficient (Wildman–Crippen LogP) is 1.06. The first kappa shape index (κ1) is 13.7. The van der Waals surface area contributed by atoms with Crippen LogP contribution in [0.25, 0.3) is 0 Å². The van der Waals surface area contributed by atoms with Crippen LogP contribution < -0.4 is 10.6 Å². The molecular formula is C13H19FN4O. The standard InChI is InChI=1S/C13H19FN4O/c1-15-13(17-8-10-4-3-7-19-10)18-9-12-11(14)5-2-6-16-12/h2,5-6,10H,3-4,7-9H2,1H3,(H2,15,17,18). The van der Waals surface area contributed by atoms with E-state index in [2.05, 4.69) is 20.6 Å². The van der Waals surface area contributed by atoms with Crippen molar-refractivity contribution in [2.75, 3.05) is 20.2 Å². The molecule has 2 N–H and O–H groups in total. The average Bonchev–Trinajstić information content (AvgIpc) is 2.94. The largest absolute Gasteiger partial charge is 0.376 e. The van der Waals surface area contributed by atoms with E-state index in [1.54, 1.807) is 19.3 Å². The van der Waals surface area contributed by atoms with E-state index in [9.17, 15) is 4.39 Å². The Morgan fingerprint density at radius 1 is 1.58 bits per heavy atom. The molecule has 104 valence electrons. The third-order valence-electron chi connectivity index (χ3n) is 3.00. The van der Waals surface area contributed by atoms with E-state index < -0.39 is 0 Å². The molecular weight excluding hydrogens is 247 g/mol. The van der Waals surface area contributed by atoms with Gasteiger partial charge < -0.3 is 15.4 Å². The molecule has 0 aromatic carbocycles. The highest BCUT2D eigenvalue weighted by atomic mass is 19.1. The summed E-state index contributed by atoms with van der Waals surface area (Å²) in [6.07, 6.45) is 3.99. The van der Waals surface area contributed by atoms with Crippen molar-refractivity contribution in [3.05, 3.63) is 29.8 Å². The van der Waals surface area contributed by atoms with E-state index in [0.717, 1.165) is 19.4 Å². The molecule has 0 spiro atoms. The molecule has 2 rings (SSSR count). The van der Waals surface area contributed by atoms with Crippen LogP contribution in [-0.4, -0.2) is 37.2 Å². The van der Waals surface area contributed by atoms with Crippen LogP contribution in [0.4, 0.5) is 4.39 Å². The van der Waals surface area contributed by atoms with Crippen molar-refractivity contribution in [3.8, 4) is 0 Å². The fourth-order valence-corrected chi connectivity index (χ4v) is 1.95. The summed E-state index contributed by atoms with van der Waals surface area (Å²) in [7, 11) is 1.68. The van der Waals surface area contributed by atoms with Crippen molar-refractivity contribution < 1.29 is 9.13 Å². The molecule has 6 heteroatoms. The molecule has 5 nitrogen and oxygen atoms in total. The monoisotopic (exact) mass is 266 g/mol. The Morgan fingerprint density at radius 2 is 2.47 bits per heavy atom. The average molecular weight is 266 g/mol. The highest BCUT2D eigenvalue weighted by molar-refractivity contribution is 5.79. The van der Waals surface area contributed by atoms with Crippen LogP contribution in [0.15, 0.2) is 23.3 Å². The summed E-state index contributed by atoms with van der Waals surface area (Å²) in [6.45, 7) is 1.85. The van der Waals surface area contributed by atoms with E-state index in [4.69, 9.17) is 4.74 Å². The quantitative estimate of drug-likeness (QED) is 0.632. The predicted molar refractivity (Wildman–Crippen MR) is 71.4 cm³/mol. The topological polar surface area (TPSA) is 58.5 Å². The van der Waals surface area contributed by atoms with Gasteiger partial charge in [-0.05, 0) is 25.0 Å². The summed E-state index contributed by atoms with van der Waals surface area (Å²) in [5.41, 5.74) is 0.377. The molecule has 1 atom stereocenters. The van der Waals surface area contributed by atoms with Gasteiger partial charge in [0.05, 0.1) is 18.3 Å². The Balaban J connectivity index is 1.78. The smallest absolute Gasteiger partial charge is 0.191 e. The van der Waals surface area contributed by atoms with Crippen molar-refractivity contribution in [3.63, 3.8) is 0 Å². The molecule has 19 heavy (non-hydrogen) atoms. The number of rotatable bonds is 4. The second-order valence-corrected chi connectivity index (χ2v) is 4.37. The summed E-state index contributed by atoms with van der Waals surface area (Å²) in [5, 5.41) is 6.20. The second kappa shape index (κ2) is 7.04. The molecule has 0 amide bonds. The van der Waals surface area contributed by atoms with Crippen LogP contribution in [-0.2, 0) is 11.3 Å². The highest BCUT2D eigenvalue weighted by Gasteiger charge is 2.15. The Morgan fingerprint density at radius 3 is 3.16 bits per heavy atom. The minimum atomic E-state index is -0.315. The lowest BCUT2D eigenvalue weighted by molar-refractivity contribution is 0.114. The summed E-state index contributed by atoms with van der Waals surface area (Å²) in [5.74, 6) is 0.310. The molecule has 1 aliphatic heterocycles. The Labute approximate surface area is 112 Å². The van der Waals surface area contributed by atoms with Gasteiger partial charge in [0.25, 0.3) is 0 Å². The number of guanidine groups is 1. The van der Waals surface area contributed by atoms with Gasteiger partial charge in [0.15, 0.2) is 5.96 Å². The molecule has 2 heterocycles. The Hall–Kier alpha value is -1.69. The molecule has 1 saturated heterocycles. The number of aliphatic imine (C=N–C) groups is 1. The van der Waals surface area contributed by atoms with Crippen LogP contribution in [0.2, 0.25) is 0 Å². The van der Waals surface area contributed by atoms with Gasteiger partial charge in [-0.15, -0.1) is 0 Å². The van der Waals surface area contributed by atoms with Crippen molar-refractivity contribution in [1.82, 2.24) is 15.6 Å².